The fraction of sp³-hybridized carbons (Fsp3) is 0.875. The minimum absolute atomic E-state index is 0.0997. The molecular weight excluding hydrogens is 284 g/mol. The number of ether oxygens (including phenoxy) is 2. The highest BCUT2D eigenvalue weighted by Gasteiger charge is 2.49. The van der Waals surface area contributed by atoms with Crippen LogP contribution in [0.4, 0.5) is 4.79 Å². The number of carbonyl (C=O) groups excluding carboxylic acids is 2. The third kappa shape index (κ3) is 3.91. The fourth-order valence-electron chi connectivity index (χ4n) is 3.49. The first-order valence-electron chi connectivity index (χ1n) is 8.11. The maximum Gasteiger partial charge on any atom is 0.411 e. The quantitative estimate of drug-likeness (QED) is 0.805. The minimum Gasteiger partial charge on any atom is -0.444 e. The predicted molar refractivity (Wildman–Crippen MR) is 82.5 cm³/mol. The monoisotopic (exact) mass is 312 g/mol. The van der Waals surface area contributed by atoms with Gasteiger partial charge in [0.25, 0.3) is 0 Å². The summed E-state index contributed by atoms with van der Waals surface area (Å²) in [4.78, 5) is 26.6. The molecular formula is C16H28N2O4. The van der Waals surface area contributed by atoms with E-state index in [0.717, 1.165) is 25.7 Å². The Labute approximate surface area is 132 Å². The summed E-state index contributed by atoms with van der Waals surface area (Å²) in [6.07, 6.45) is 3.54. The van der Waals surface area contributed by atoms with Gasteiger partial charge < -0.3 is 14.8 Å². The van der Waals surface area contributed by atoms with Gasteiger partial charge in [-0.2, -0.15) is 0 Å². The standard InChI is InChI=1S/C16H28N2O4/c1-16(2,3)22-15(20)18-12-7-5-6-11(12)10-13(18)14(19)17-8-9-21-4/h11-13H,5-10H2,1-4H3,(H,17,19)/t11-,12-,13-/m0/s1. The van der Waals surface area contributed by atoms with Crippen molar-refractivity contribution in [1.29, 1.82) is 0 Å². The van der Waals surface area contributed by atoms with Crippen LogP contribution in [0, 0.1) is 5.92 Å². The van der Waals surface area contributed by atoms with Crippen molar-refractivity contribution in [1.82, 2.24) is 10.2 Å². The van der Waals surface area contributed by atoms with E-state index in [-0.39, 0.29) is 18.0 Å². The molecule has 0 bridgehead atoms. The van der Waals surface area contributed by atoms with E-state index < -0.39 is 11.6 Å². The third-order valence-electron chi connectivity index (χ3n) is 4.35. The molecule has 22 heavy (non-hydrogen) atoms. The number of likely N-dealkylation sites (tertiary alicyclic amines) is 1. The third-order valence-corrected chi connectivity index (χ3v) is 4.35. The Hall–Kier alpha value is -1.30. The van der Waals surface area contributed by atoms with E-state index in [2.05, 4.69) is 5.32 Å². The van der Waals surface area contributed by atoms with Crippen molar-refractivity contribution >= 4 is 12.0 Å². The SMILES string of the molecule is COCCNC(=O)[C@@H]1C[C@@H]2CCC[C@@H]2N1C(=O)OC(C)(C)C. The highest BCUT2D eigenvalue weighted by atomic mass is 16.6. The summed E-state index contributed by atoms with van der Waals surface area (Å²) in [6, 6.07) is -0.268. The van der Waals surface area contributed by atoms with E-state index in [9.17, 15) is 9.59 Å². The Morgan fingerprint density at radius 2 is 2.00 bits per heavy atom. The zero-order valence-electron chi connectivity index (χ0n) is 14.1. The molecule has 1 N–H and O–H groups in total. The molecule has 2 rings (SSSR count). The highest BCUT2D eigenvalue weighted by Crippen LogP contribution is 2.41. The predicted octanol–water partition coefficient (Wildman–Crippen LogP) is 1.93. The van der Waals surface area contributed by atoms with E-state index in [0.29, 0.717) is 19.1 Å². The number of rotatable bonds is 4. The minimum atomic E-state index is -0.551. The van der Waals surface area contributed by atoms with Gasteiger partial charge in [-0.3, -0.25) is 9.69 Å². The van der Waals surface area contributed by atoms with E-state index in [1.807, 2.05) is 20.8 Å². The van der Waals surface area contributed by atoms with E-state index in [1.54, 1.807) is 12.0 Å². The molecule has 0 aromatic heterocycles. The molecule has 0 radical (unpaired) electrons. The number of methoxy groups -OCH3 is 1. The molecule has 1 aliphatic carbocycles. The van der Waals surface area contributed by atoms with Gasteiger partial charge in [-0.25, -0.2) is 4.79 Å². The van der Waals surface area contributed by atoms with Gasteiger partial charge in [-0.1, -0.05) is 6.42 Å². The molecule has 1 saturated heterocycles. The maximum atomic E-state index is 12.5. The molecule has 3 atom stereocenters. The number of amides is 2. The highest BCUT2D eigenvalue weighted by molar-refractivity contribution is 5.86. The smallest absolute Gasteiger partial charge is 0.411 e. The van der Waals surface area contributed by atoms with E-state index in [1.165, 1.54) is 0 Å². The summed E-state index contributed by atoms with van der Waals surface area (Å²) in [7, 11) is 1.60. The lowest BCUT2D eigenvalue weighted by Crippen LogP contribution is -2.50. The second-order valence-electron chi connectivity index (χ2n) is 7.18. The summed E-state index contributed by atoms with van der Waals surface area (Å²) in [6.45, 7) is 6.48. The van der Waals surface area contributed by atoms with Gasteiger partial charge in [0.1, 0.15) is 11.6 Å². The molecule has 0 aromatic carbocycles. The number of hydrogen-bond acceptors (Lipinski definition) is 4. The average molecular weight is 312 g/mol. The summed E-state index contributed by atoms with van der Waals surface area (Å²) in [5.41, 5.74) is -0.551. The van der Waals surface area contributed by atoms with Gasteiger partial charge in [0.15, 0.2) is 0 Å². The first-order chi connectivity index (χ1) is 10.3. The topological polar surface area (TPSA) is 67.9 Å². The van der Waals surface area contributed by atoms with Crippen molar-refractivity contribution in [3.8, 4) is 0 Å². The molecule has 2 fully saturated rings. The van der Waals surface area contributed by atoms with Gasteiger partial charge in [0, 0.05) is 19.7 Å². The van der Waals surface area contributed by atoms with Crippen LogP contribution in [0.15, 0.2) is 0 Å². The fourth-order valence-corrected chi connectivity index (χ4v) is 3.49. The first kappa shape index (κ1) is 17.1. The second-order valence-corrected chi connectivity index (χ2v) is 7.18. The van der Waals surface area contributed by atoms with Gasteiger partial charge >= 0.3 is 6.09 Å². The number of nitrogens with zero attached hydrogens (tertiary/aromatic N) is 1. The van der Waals surface area contributed by atoms with Crippen molar-refractivity contribution in [2.45, 2.75) is 64.1 Å². The normalized spacial score (nSPS) is 27.6. The Kier molecular flexibility index (Phi) is 5.32. The summed E-state index contributed by atoms with van der Waals surface area (Å²) in [5.74, 6) is 0.322. The molecule has 1 aliphatic heterocycles. The molecule has 1 heterocycles. The zero-order valence-corrected chi connectivity index (χ0v) is 14.1. The zero-order chi connectivity index (χ0) is 16.3. The van der Waals surface area contributed by atoms with Crippen LogP contribution in [0.25, 0.3) is 0 Å². The lowest BCUT2D eigenvalue weighted by Gasteiger charge is -2.31. The number of fused-ring (bicyclic) bond motifs is 1. The van der Waals surface area contributed by atoms with Crippen LogP contribution >= 0.6 is 0 Å². The maximum absolute atomic E-state index is 12.5. The largest absolute Gasteiger partial charge is 0.444 e. The van der Waals surface area contributed by atoms with Crippen LogP contribution < -0.4 is 5.32 Å². The second kappa shape index (κ2) is 6.86. The van der Waals surface area contributed by atoms with Crippen molar-refractivity contribution < 1.29 is 19.1 Å². The molecule has 1 saturated carbocycles. The van der Waals surface area contributed by atoms with Crippen molar-refractivity contribution in [3.63, 3.8) is 0 Å². The van der Waals surface area contributed by atoms with Crippen molar-refractivity contribution in [2.75, 3.05) is 20.3 Å². The van der Waals surface area contributed by atoms with Crippen LogP contribution in [-0.4, -0.2) is 54.8 Å². The van der Waals surface area contributed by atoms with Crippen LogP contribution in [0.2, 0.25) is 0 Å². The molecule has 2 aliphatic rings. The van der Waals surface area contributed by atoms with E-state index >= 15 is 0 Å². The van der Waals surface area contributed by atoms with Gasteiger partial charge in [0.05, 0.1) is 6.61 Å². The Bertz CT molecular complexity index is 419. The van der Waals surface area contributed by atoms with Crippen LogP contribution in [0.1, 0.15) is 46.5 Å². The Morgan fingerprint density at radius 1 is 1.27 bits per heavy atom. The Balaban J connectivity index is 2.06. The van der Waals surface area contributed by atoms with E-state index in [4.69, 9.17) is 9.47 Å². The lowest BCUT2D eigenvalue weighted by atomic mass is 10.0. The van der Waals surface area contributed by atoms with Crippen LogP contribution in [-0.2, 0) is 14.3 Å². The molecule has 6 nitrogen and oxygen atoms in total. The lowest BCUT2D eigenvalue weighted by molar-refractivity contribution is -0.126. The van der Waals surface area contributed by atoms with Gasteiger partial charge in [-0.05, 0) is 46.0 Å². The van der Waals surface area contributed by atoms with Crippen molar-refractivity contribution in [3.05, 3.63) is 0 Å². The van der Waals surface area contributed by atoms with Gasteiger partial charge in [-0.15, -0.1) is 0 Å². The molecule has 0 spiro atoms. The molecule has 0 unspecified atom stereocenters. The molecule has 2 amide bonds. The van der Waals surface area contributed by atoms with Crippen molar-refractivity contribution in [2.24, 2.45) is 5.92 Å². The molecule has 0 aromatic rings. The molecule has 126 valence electrons. The van der Waals surface area contributed by atoms with Crippen LogP contribution in [0.5, 0.6) is 0 Å². The first-order valence-corrected chi connectivity index (χ1v) is 8.11. The summed E-state index contributed by atoms with van der Waals surface area (Å²) < 4.78 is 10.5. The number of nitrogens with one attached hydrogen (secondary N) is 1. The summed E-state index contributed by atoms with van der Waals surface area (Å²) in [5, 5.41) is 2.85. The number of hydrogen-bond donors (Lipinski definition) is 1. The average Bonchev–Trinajstić information content (AvgIpc) is 2.95. The number of carbonyl (C=O) groups is 2. The Morgan fingerprint density at radius 3 is 2.64 bits per heavy atom. The van der Waals surface area contributed by atoms with Crippen LogP contribution in [0.3, 0.4) is 0 Å². The summed E-state index contributed by atoms with van der Waals surface area (Å²) >= 11 is 0. The molecule has 6 heteroatoms. The van der Waals surface area contributed by atoms with Gasteiger partial charge in [0.2, 0.25) is 5.91 Å².